The van der Waals surface area contributed by atoms with Crippen molar-refractivity contribution in [3.05, 3.63) is 55.1 Å². The third-order valence-electron chi connectivity index (χ3n) is 8.23. The lowest BCUT2D eigenvalue weighted by Gasteiger charge is -2.40. The molecule has 2 aromatic rings. The second-order valence-corrected chi connectivity index (χ2v) is 12.5. The summed E-state index contributed by atoms with van der Waals surface area (Å²) >= 11 is 1.51. The van der Waals surface area contributed by atoms with Gasteiger partial charge < -0.3 is 20.0 Å². The molecule has 0 aliphatic carbocycles. The summed E-state index contributed by atoms with van der Waals surface area (Å²) in [4.78, 5) is 44.1. The number of carbonyl (C=O) groups is 3. The highest BCUT2D eigenvalue weighted by Gasteiger charge is 2.74. The number of hydrogen-bond acceptors (Lipinski definition) is 5. The summed E-state index contributed by atoms with van der Waals surface area (Å²) in [6, 6.07) is 12.3. The zero-order chi connectivity index (χ0) is 26.5. The number of carboxylic acid groups (broad SMARTS) is 1. The fourth-order valence-electron chi connectivity index (χ4n) is 6.81. The van der Waals surface area contributed by atoms with E-state index >= 15 is 0 Å². The van der Waals surface area contributed by atoms with Crippen LogP contribution in [0.5, 0.6) is 0 Å². The van der Waals surface area contributed by atoms with Crippen molar-refractivity contribution in [3.8, 4) is 0 Å². The van der Waals surface area contributed by atoms with Gasteiger partial charge in [-0.15, -0.1) is 18.3 Å². The van der Waals surface area contributed by atoms with Crippen molar-refractivity contribution in [2.75, 3.05) is 18.1 Å². The number of aliphatic hydroxyl groups excluding tert-OH is 1. The van der Waals surface area contributed by atoms with Gasteiger partial charge in [0.15, 0.2) is 0 Å². The lowest BCUT2D eigenvalue weighted by Crippen LogP contribution is -2.57. The summed E-state index contributed by atoms with van der Waals surface area (Å²) in [5.41, 5.74) is 0.701. The molecule has 37 heavy (non-hydrogen) atoms. The minimum absolute atomic E-state index is 0.183. The molecule has 2 amide bonds. The van der Waals surface area contributed by atoms with Gasteiger partial charge in [0.1, 0.15) is 6.04 Å². The molecule has 0 saturated carbocycles. The Balaban J connectivity index is 1.62. The number of thioether (sulfide) groups is 1. The standard InChI is InChI=1S/C29H34N2O5S/c1-4-13-30(20-10-9-18-7-5-6-8-19(18)15-20)27(34)25-29-12-11-22(37-29)23(28(35)36)24(29)26(33)31(25)21(16-32)14-17(2)3/h4-10,15,17,21-25,32H,1,11-14,16H2,2-3H3,(H,35,36)/t21-,22+,23-,24+,25?,29?/m1/s1. The van der Waals surface area contributed by atoms with Crippen LogP contribution in [0.25, 0.3) is 10.8 Å². The lowest BCUT2D eigenvalue weighted by atomic mass is 9.71. The first-order chi connectivity index (χ1) is 17.7. The average molecular weight is 523 g/mol. The van der Waals surface area contributed by atoms with Gasteiger partial charge in [0, 0.05) is 17.5 Å². The molecule has 3 heterocycles. The molecule has 2 N–H and O–H groups in total. The van der Waals surface area contributed by atoms with Gasteiger partial charge in [0.25, 0.3) is 5.91 Å². The van der Waals surface area contributed by atoms with Crippen molar-refractivity contribution in [1.29, 1.82) is 0 Å². The van der Waals surface area contributed by atoms with E-state index < -0.39 is 34.6 Å². The van der Waals surface area contributed by atoms with E-state index in [1.807, 2.05) is 56.3 Å². The molecule has 3 fully saturated rings. The number of amides is 2. The van der Waals surface area contributed by atoms with Crippen molar-refractivity contribution in [2.24, 2.45) is 17.8 Å². The van der Waals surface area contributed by atoms with Gasteiger partial charge in [-0.1, -0.05) is 50.3 Å². The van der Waals surface area contributed by atoms with Crippen molar-refractivity contribution in [1.82, 2.24) is 4.90 Å². The molecule has 1 spiro atoms. The largest absolute Gasteiger partial charge is 0.481 e. The fraction of sp³-hybridized carbons (Fsp3) is 0.483. The Labute approximate surface area is 221 Å². The number of hydrogen-bond donors (Lipinski definition) is 2. The van der Waals surface area contributed by atoms with Crippen LogP contribution in [0.3, 0.4) is 0 Å². The van der Waals surface area contributed by atoms with E-state index in [-0.39, 0.29) is 36.1 Å². The highest BCUT2D eigenvalue weighted by Crippen LogP contribution is 2.66. The number of nitrogens with zero attached hydrogens (tertiary/aromatic N) is 2. The van der Waals surface area contributed by atoms with Crippen molar-refractivity contribution < 1.29 is 24.6 Å². The lowest BCUT2D eigenvalue weighted by molar-refractivity contribution is -0.149. The Bertz CT molecular complexity index is 1250. The predicted octanol–water partition coefficient (Wildman–Crippen LogP) is 3.94. The third-order valence-corrected chi connectivity index (χ3v) is 10.2. The summed E-state index contributed by atoms with van der Waals surface area (Å²) in [7, 11) is 0. The minimum Gasteiger partial charge on any atom is -0.481 e. The molecule has 196 valence electrons. The minimum atomic E-state index is -0.979. The number of fused-ring (bicyclic) bond motifs is 2. The zero-order valence-electron chi connectivity index (χ0n) is 21.2. The van der Waals surface area contributed by atoms with Crippen molar-refractivity contribution >= 4 is 46.0 Å². The van der Waals surface area contributed by atoms with E-state index in [1.165, 1.54) is 11.8 Å². The van der Waals surface area contributed by atoms with Crippen LogP contribution in [0.1, 0.15) is 33.1 Å². The van der Waals surface area contributed by atoms with Crippen LogP contribution < -0.4 is 4.90 Å². The summed E-state index contributed by atoms with van der Waals surface area (Å²) in [6.45, 7) is 7.87. The van der Waals surface area contributed by atoms with Crippen LogP contribution in [0, 0.1) is 17.8 Å². The van der Waals surface area contributed by atoms with Gasteiger partial charge in [0.2, 0.25) is 5.91 Å². The summed E-state index contributed by atoms with van der Waals surface area (Å²) in [5.74, 6) is -2.94. The first kappa shape index (κ1) is 25.8. The van der Waals surface area contributed by atoms with Crippen LogP contribution in [0.4, 0.5) is 5.69 Å². The second kappa shape index (κ2) is 9.80. The number of anilines is 1. The molecule has 6 atom stereocenters. The van der Waals surface area contributed by atoms with E-state index in [0.717, 1.165) is 10.8 Å². The second-order valence-electron chi connectivity index (χ2n) is 10.9. The van der Waals surface area contributed by atoms with E-state index in [1.54, 1.807) is 15.9 Å². The molecule has 2 unspecified atom stereocenters. The van der Waals surface area contributed by atoms with Gasteiger partial charge in [0.05, 0.1) is 29.2 Å². The van der Waals surface area contributed by atoms with Crippen molar-refractivity contribution in [2.45, 2.75) is 55.2 Å². The zero-order valence-corrected chi connectivity index (χ0v) is 22.1. The molecule has 3 saturated heterocycles. The number of aliphatic carboxylic acids is 1. The Morgan fingerprint density at radius 2 is 1.97 bits per heavy atom. The maximum absolute atomic E-state index is 14.6. The van der Waals surface area contributed by atoms with E-state index in [2.05, 4.69) is 6.58 Å². The van der Waals surface area contributed by atoms with E-state index in [4.69, 9.17) is 0 Å². The molecule has 2 bridgehead atoms. The third kappa shape index (κ3) is 4.05. The van der Waals surface area contributed by atoms with E-state index in [9.17, 15) is 24.6 Å². The van der Waals surface area contributed by atoms with Crippen LogP contribution in [0.2, 0.25) is 0 Å². The molecular weight excluding hydrogens is 488 g/mol. The summed E-state index contributed by atoms with van der Waals surface area (Å²) in [5, 5.41) is 22.3. The summed E-state index contributed by atoms with van der Waals surface area (Å²) in [6.07, 6.45) is 3.46. The SMILES string of the molecule is C=CCN(C(=O)C1N([C@@H](CO)CC(C)C)C(=O)[C@@H]2[C@H](C(=O)O)[C@@H]3CCC12S3)c1ccc2ccccc2c1. The first-order valence-corrected chi connectivity index (χ1v) is 13.9. The number of carboxylic acids is 1. The summed E-state index contributed by atoms with van der Waals surface area (Å²) < 4.78 is -0.817. The maximum Gasteiger partial charge on any atom is 0.308 e. The van der Waals surface area contributed by atoms with Crippen LogP contribution in [0.15, 0.2) is 55.1 Å². The molecule has 2 aromatic carbocycles. The first-order valence-electron chi connectivity index (χ1n) is 13.0. The normalized spacial score (nSPS) is 29.1. The van der Waals surface area contributed by atoms with Gasteiger partial charge in [-0.3, -0.25) is 14.4 Å². The highest BCUT2D eigenvalue weighted by atomic mass is 32.2. The van der Waals surface area contributed by atoms with Crippen LogP contribution in [-0.2, 0) is 14.4 Å². The quantitative estimate of drug-likeness (QED) is 0.484. The Morgan fingerprint density at radius 1 is 1.24 bits per heavy atom. The molecule has 0 aromatic heterocycles. The van der Waals surface area contributed by atoms with Gasteiger partial charge in [-0.2, -0.15) is 0 Å². The predicted molar refractivity (Wildman–Crippen MR) is 145 cm³/mol. The maximum atomic E-state index is 14.6. The van der Waals surface area contributed by atoms with Gasteiger partial charge in [-0.25, -0.2) is 0 Å². The number of likely N-dealkylation sites (tertiary alicyclic amines) is 1. The number of aliphatic hydroxyl groups is 1. The molecule has 7 nitrogen and oxygen atoms in total. The molecule has 8 heteroatoms. The van der Waals surface area contributed by atoms with Gasteiger partial charge in [-0.05, 0) is 48.1 Å². The Morgan fingerprint density at radius 3 is 2.62 bits per heavy atom. The molecular formula is C29H34N2O5S. The molecule has 0 radical (unpaired) electrons. The average Bonchev–Trinajstić information content (AvgIpc) is 3.52. The number of rotatable bonds is 9. The van der Waals surface area contributed by atoms with Crippen molar-refractivity contribution in [3.63, 3.8) is 0 Å². The molecule has 3 aliphatic rings. The monoisotopic (exact) mass is 522 g/mol. The highest BCUT2D eigenvalue weighted by molar-refractivity contribution is 8.02. The van der Waals surface area contributed by atoms with Gasteiger partial charge >= 0.3 is 5.97 Å². The van der Waals surface area contributed by atoms with Crippen LogP contribution >= 0.6 is 11.8 Å². The Kier molecular flexibility index (Phi) is 6.83. The number of benzene rings is 2. The smallest absolute Gasteiger partial charge is 0.308 e. The molecule has 5 rings (SSSR count). The topological polar surface area (TPSA) is 98.2 Å². The number of carbonyl (C=O) groups excluding carboxylic acids is 2. The Hall–Kier alpha value is -2.84. The fourth-order valence-corrected chi connectivity index (χ4v) is 9.00. The molecule has 3 aliphatic heterocycles. The van der Waals surface area contributed by atoms with Crippen LogP contribution in [-0.4, -0.2) is 68.1 Å². The van der Waals surface area contributed by atoms with E-state index in [0.29, 0.717) is 24.9 Å².